The van der Waals surface area contributed by atoms with Crippen molar-refractivity contribution in [1.29, 1.82) is 0 Å². The summed E-state index contributed by atoms with van der Waals surface area (Å²) in [7, 11) is 0. The van der Waals surface area contributed by atoms with Crippen molar-refractivity contribution < 1.29 is 0 Å². The van der Waals surface area contributed by atoms with E-state index in [9.17, 15) is 0 Å². The zero-order valence-corrected chi connectivity index (χ0v) is 8.97. The lowest BCUT2D eigenvalue weighted by atomic mass is 9.82. The van der Waals surface area contributed by atoms with Crippen LogP contribution in [0.5, 0.6) is 0 Å². The number of terminal acetylenes is 1. The number of rotatable bonds is 3. The Morgan fingerprint density at radius 2 is 1.67 bits per heavy atom. The van der Waals surface area contributed by atoms with Crippen LogP contribution in [-0.4, -0.2) is 0 Å². The van der Waals surface area contributed by atoms with E-state index in [0.29, 0.717) is 0 Å². The summed E-state index contributed by atoms with van der Waals surface area (Å²) in [6, 6.07) is 0. The average Bonchev–Trinajstić information content (AvgIpc) is 2.10. The van der Waals surface area contributed by atoms with Gasteiger partial charge in [0.05, 0.1) is 0 Å². The first-order chi connectivity index (χ1) is 5.93. The highest BCUT2D eigenvalue weighted by Crippen LogP contribution is 2.30. The molecule has 0 spiro atoms. The van der Waals surface area contributed by atoms with Crippen LogP contribution in [0.4, 0.5) is 0 Å². The lowest BCUT2D eigenvalue weighted by Gasteiger charge is -2.24. The quantitative estimate of drug-likeness (QED) is 0.553. The Balaban J connectivity index is 0. The van der Waals surface area contributed by atoms with Crippen LogP contribution in [0.15, 0.2) is 0 Å². The van der Waals surface area contributed by atoms with Gasteiger partial charge < -0.3 is 0 Å². The molecule has 0 aromatic heterocycles. The second kappa shape index (κ2) is 13.2. The second-order valence-electron chi connectivity index (χ2n) is 2.94. The number of hydrogen-bond acceptors (Lipinski definition) is 0. The maximum atomic E-state index is 4.00. The van der Waals surface area contributed by atoms with Crippen molar-refractivity contribution in [3.8, 4) is 12.8 Å². The van der Waals surface area contributed by atoms with Crippen molar-refractivity contribution >= 4 is 0 Å². The van der Waals surface area contributed by atoms with Crippen molar-refractivity contribution in [3.63, 3.8) is 0 Å². The van der Waals surface area contributed by atoms with Crippen molar-refractivity contribution in [2.75, 3.05) is 0 Å². The molecular weight excluding hydrogens is 144 g/mol. The zero-order chi connectivity index (χ0) is 9.82. The molecule has 0 bridgehead atoms. The van der Waals surface area contributed by atoms with Gasteiger partial charge in [-0.3, -0.25) is 0 Å². The maximum Gasteiger partial charge on any atom is -0.0414 e. The Morgan fingerprint density at radius 1 is 1.17 bits per heavy atom. The fourth-order valence-electron chi connectivity index (χ4n) is 1.27. The van der Waals surface area contributed by atoms with Gasteiger partial charge in [-0.1, -0.05) is 59.3 Å². The van der Waals surface area contributed by atoms with Gasteiger partial charge in [-0.05, 0) is 5.92 Å². The third kappa shape index (κ3) is 7.66. The summed E-state index contributed by atoms with van der Waals surface area (Å²) in [6.45, 7) is 6.28. The first-order valence-corrected chi connectivity index (χ1v) is 5.27. The minimum absolute atomic E-state index is 1.13. The van der Waals surface area contributed by atoms with E-state index in [0.717, 1.165) is 5.92 Å². The van der Waals surface area contributed by atoms with Crippen LogP contribution in [0.3, 0.4) is 0 Å². The van der Waals surface area contributed by atoms with E-state index < -0.39 is 0 Å². The molecule has 1 saturated carbocycles. The van der Waals surface area contributed by atoms with E-state index in [1.165, 1.54) is 38.5 Å². The molecule has 0 heteroatoms. The molecule has 0 amide bonds. The fraction of sp³-hybridized carbons (Fsp3) is 0.833. The first kappa shape index (κ1) is 14.1. The van der Waals surface area contributed by atoms with Crippen LogP contribution < -0.4 is 0 Å². The summed E-state index contributed by atoms with van der Waals surface area (Å²) in [5, 5.41) is 0. The number of unbranched alkanes of at least 4 members (excludes halogenated alkanes) is 1. The molecule has 72 valence electrons. The summed E-state index contributed by atoms with van der Waals surface area (Å²) in [4.78, 5) is 0. The predicted octanol–water partition coefficient (Wildman–Crippen LogP) is 4.25. The molecular formula is C12H24. The summed E-state index contributed by atoms with van der Waals surface area (Å²) in [5.41, 5.74) is 0. The Kier molecular flexibility index (Phi) is 15.5. The summed E-state index contributed by atoms with van der Waals surface area (Å²) in [5.74, 6) is 1.13. The maximum absolute atomic E-state index is 4.00. The SMILES string of the molecule is C#C.CC.CCCCC1CCC1. The molecule has 0 aliphatic heterocycles. The summed E-state index contributed by atoms with van der Waals surface area (Å²) in [6.07, 6.45) is 16.9. The van der Waals surface area contributed by atoms with E-state index in [2.05, 4.69) is 19.8 Å². The summed E-state index contributed by atoms with van der Waals surface area (Å²) >= 11 is 0. The predicted molar refractivity (Wildman–Crippen MR) is 58.1 cm³/mol. The molecule has 0 radical (unpaired) electrons. The van der Waals surface area contributed by atoms with Crippen molar-refractivity contribution in [3.05, 3.63) is 0 Å². The van der Waals surface area contributed by atoms with Gasteiger partial charge in [0.25, 0.3) is 0 Å². The number of hydrogen-bond donors (Lipinski definition) is 0. The average molecular weight is 168 g/mol. The Morgan fingerprint density at radius 3 is 1.92 bits per heavy atom. The largest absolute Gasteiger partial charge is 0.124 e. The highest BCUT2D eigenvalue weighted by atomic mass is 14.2. The van der Waals surface area contributed by atoms with Crippen LogP contribution in [0.2, 0.25) is 0 Å². The van der Waals surface area contributed by atoms with E-state index in [-0.39, 0.29) is 0 Å². The van der Waals surface area contributed by atoms with E-state index in [1.807, 2.05) is 13.8 Å². The normalized spacial score (nSPS) is 14.4. The van der Waals surface area contributed by atoms with Gasteiger partial charge >= 0.3 is 0 Å². The third-order valence-electron chi connectivity index (χ3n) is 2.19. The Hall–Kier alpha value is -0.440. The molecule has 0 heterocycles. The molecule has 12 heavy (non-hydrogen) atoms. The smallest absolute Gasteiger partial charge is 0.0414 e. The van der Waals surface area contributed by atoms with Crippen LogP contribution in [-0.2, 0) is 0 Å². The molecule has 1 rings (SSSR count). The topological polar surface area (TPSA) is 0 Å². The van der Waals surface area contributed by atoms with Gasteiger partial charge in [0, 0.05) is 0 Å². The summed E-state index contributed by atoms with van der Waals surface area (Å²) < 4.78 is 0. The Labute approximate surface area is 78.8 Å². The molecule has 1 aliphatic carbocycles. The van der Waals surface area contributed by atoms with Crippen molar-refractivity contribution in [2.24, 2.45) is 5.92 Å². The van der Waals surface area contributed by atoms with Crippen LogP contribution in [0.1, 0.15) is 59.3 Å². The lowest BCUT2D eigenvalue weighted by molar-refractivity contribution is 0.289. The first-order valence-electron chi connectivity index (χ1n) is 5.27. The monoisotopic (exact) mass is 168 g/mol. The van der Waals surface area contributed by atoms with E-state index in [1.54, 1.807) is 0 Å². The van der Waals surface area contributed by atoms with Crippen LogP contribution in [0, 0.1) is 18.8 Å². The standard InChI is InChI=1S/C8H16.C2H6.C2H2/c1-2-3-5-8-6-4-7-8;2*1-2/h8H,2-7H2,1H3;1-2H3;1-2H. The van der Waals surface area contributed by atoms with Gasteiger partial charge in [0.15, 0.2) is 0 Å². The minimum atomic E-state index is 1.13. The van der Waals surface area contributed by atoms with Crippen molar-refractivity contribution in [2.45, 2.75) is 59.3 Å². The van der Waals surface area contributed by atoms with Gasteiger partial charge in [0.2, 0.25) is 0 Å². The van der Waals surface area contributed by atoms with Gasteiger partial charge in [-0.15, -0.1) is 12.8 Å². The lowest BCUT2D eigenvalue weighted by Crippen LogP contribution is -2.09. The molecule has 1 fully saturated rings. The van der Waals surface area contributed by atoms with Crippen molar-refractivity contribution in [1.82, 2.24) is 0 Å². The zero-order valence-electron chi connectivity index (χ0n) is 8.97. The van der Waals surface area contributed by atoms with E-state index in [4.69, 9.17) is 0 Å². The Bertz CT molecular complexity index is 77.3. The molecule has 0 N–H and O–H groups in total. The highest BCUT2D eigenvalue weighted by molar-refractivity contribution is 4.68. The molecule has 1 aliphatic rings. The molecule has 0 aromatic carbocycles. The molecule has 0 nitrogen and oxygen atoms in total. The fourth-order valence-corrected chi connectivity index (χ4v) is 1.27. The molecule has 0 aromatic rings. The van der Waals surface area contributed by atoms with Crippen LogP contribution in [0.25, 0.3) is 0 Å². The third-order valence-corrected chi connectivity index (χ3v) is 2.19. The van der Waals surface area contributed by atoms with Gasteiger partial charge in [-0.25, -0.2) is 0 Å². The molecule has 0 atom stereocenters. The second-order valence-corrected chi connectivity index (χ2v) is 2.94. The van der Waals surface area contributed by atoms with Gasteiger partial charge in [-0.2, -0.15) is 0 Å². The van der Waals surface area contributed by atoms with Gasteiger partial charge in [0.1, 0.15) is 0 Å². The minimum Gasteiger partial charge on any atom is -0.124 e. The van der Waals surface area contributed by atoms with Crippen LogP contribution >= 0.6 is 0 Å². The molecule has 0 saturated heterocycles. The highest BCUT2D eigenvalue weighted by Gasteiger charge is 2.15. The molecule has 0 unspecified atom stereocenters. The van der Waals surface area contributed by atoms with E-state index >= 15 is 0 Å².